The van der Waals surface area contributed by atoms with Crippen LogP contribution in [0.15, 0.2) is 30.3 Å². The summed E-state index contributed by atoms with van der Waals surface area (Å²) in [6, 6.07) is 8.91. The molecule has 14 heavy (non-hydrogen) atoms. The van der Waals surface area contributed by atoms with Gasteiger partial charge in [0.2, 0.25) is 0 Å². The molecule has 0 heterocycles. The number of carbonyl (C=O) groups is 1. The van der Waals surface area contributed by atoms with Crippen LogP contribution in [0.4, 0.5) is 0 Å². The van der Waals surface area contributed by atoms with Crippen LogP contribution in [0.1, 0.15) is 12.5 Å². The van der Waals surface area contributed by atoms with Gasteiger partial charge in [-0.05, 0) is 18.9 Å². The SMILES string of the molecule is CC(O)C(=O)[C@@H](N)Cc1ccccc1. The lowest BCUT2D eigenvalue weighted by atomic mass is 10.0. The van der Waals surface area contributed by atoms with Gasteiger partial charge in [0.1, 0.15) is 6.10 Å². The highest BCUT2D eigenvalue weighted by molar-refractivity contribution is 5.87. The van der Waals surface area contributed by atoms with E-state index in [1.807, 2.05) is 30.3 Å². The van der Waals surface area contributed by atoms with Gasteiger partial charge in [0.15, 0.2) is 5.78 Å². The zero-order chi connectivity index (χ0) is 10.6. The number of ketones is 1. The Morgan fingerprint density at radius 2 is 2.00 bits per heavy atom. The van der Waals surface area contributed by atoms with Crippen molar-refractivity contribution in [1.82, 2.24) is 0 Å². The van der Waals surface area contributed by atoms with Crippen molar-refractivity contribution in [3.63, 3.8) is 0 Å². The van der Waals surface area contributed by atoms with Crippen molar-refractivity contribution in [3.05, 3.63) is 35.9 Å². The Labute approximate surface area is 83.6 Å². The fourth-order valence-electron chi connectivity index (χ4n) is 1.28. The zero-order valence-corrected chi connectivity index (χ0v) is 8.18. The lowest BCUT2D eigenvalue weighted by Gasteiger charge is -2.12. The first-order valence-electron chi connectivity index (χ1n) is 4.62. The summed E-state index contributed by atoms with van der Waals surface area (Å²) in [6.45, 7) is 1.44. The van der Waals surface area contributed by atoms with E-state index in [9.17, 15) is 4.79 Å². The topological polar surface area (TPSA) is 63.3 Å². The number of hydrogen-bond donors (Lipinski definition) is 2. The summed E-state index contributed by atoms with van der Waals surface area (Å²) in [6.07, 6.45) is -0.501. The van der Waals surface area contributed by atoms with E-state index in [-0.39, 0.29) is 5.78 Å². The van der Waals surface area contributed by atoms with Gasteiger partial charge in [-0.15, -0.1) is 0 Å². The molecule has 3 nitrogen and oxygen atoms in total. The fourth-order valence-corrected chi connectivity index (χ4v) is 1.28. The molecular weight excluding hydrogens is 178 g/mol. The second-order valence-corrected chi connectivity index (χ2v) is 3.37. The predicted molar refractivity (Wildman–Crippen MR) is 54.8 cm³/mol. The van der Waals surface area contributed by atoms with Crippen LogP contribution < -0.4 is 5.73 Å². The van der Waals surface area contributed by atoms with Crippen molar-refractivity contribution in [2.75, 3.05) is 0 Å². The monoisotopic (exact) mass is 193 g/mol. The van der Waals surface area contributed by atoms with E-state index >= 15 is 0 Å². The van der Waals surface area contributed by atoms with Crippen LogP contribution >= 0.6 is 0 Å². The van der Waals surface area contributed by atoms with Gasteiger partial charge in [0.25, 0.3) is 0 Å². The highest BCUT2D eigenvalue weighted by Gasteiger charge is 2.18. The van der Waals surface area contributed by atoms with Crippen molar-refractivity contribution in [2.24, 2.45) is 5.73 Å². The standard InChI is InChI=1S/C11H15NO2/c1-8(13)11(14)10(12)7-9-5-3-2-4-6-9/h2-6,8,10,13H,7,12H2,1H3/t8?,10-/m0/s1. The van der Waals surface area contributed by atoms with Gasteiger partial charge < -0.3 is 10.8 Å². The summed E-state index contributed by atoms with van der Waals surface area (Å²) in [7, 11) is 0. The van der Waals surface area contributed by atoms with E-state index in [1.54, 1.807) is 0 Å². The van der Waals surface area contributed by atoms with Crippen LogP contribution in [0.5, 0.6) is 0 Å². The minimum absolute atomic E-state index is 0.311. The normalized spacial score (nSPS) is 14.8. The summed E-state index contributed by atoms with van der Waals surface area (Å²) in [4.78, 5) is 11.3. The highest BCUT2D eigenvalue weighted by Crippen LogP contribution is 2.03. The maximum absolute atomic E-state index is 11.3. The molecule has 2 atom stereocenters. The second-order valence-electron chi connectivity index (χ2n) is 3.37. The van der Waals surface area contributed by atoms with Gasteiger partial charge >= 0.3 is 0 Å². The van der Waals surface area contributed by atoms with Crippen LogP contribution in [-0.4, -0.2) is 23.0 Å². The lowest BCUT2D eigenvalue weighted by Crippen LogP contribution is -2.38. The number of carbonyl (C=O) groups excluding carboxylic acids is 1. The third-order valence-electron chi connectivity index (χ3n) is 2.08. The molecule has 0 spiro atoms. The molecule has 0 aliphatic heterocycles. The fraction of sp³-hybridized carbons (Fsp3) is 0.364. The molecule has 0 aliphatic carbocycles. The summed E-state index contributed by atoms with van der Waals surface area (Å²) < 4.78 is 0. The maximum Gasteiger partial charge on any atom is 0.177 e. The first-order chi connectivity index (χ1) is 6.61. The largest absolute Gasteiger partial charge is 0.386 e. The van der Waals surface area contributed by atoms with E-state index in [0.717, 1.165) is 5.56 Å². The molecule has 0 bridgehead atoms. The molecule has 1 aromatic carbocycles. The molecule has 76 valence electrons. The Balaban J connectivity index is 2.57. The van der Waals surface area contributed by atoms with Gasteiger partial charge in [0, 0.05) is 0 Å². The van der Waals surface area contributed by atoms with Crippen LogP contribution in [-0.2, 0) is 11.2 Å². The number of aliphatic hydroxyl groups excluding tert-OH is 1. The molecule has 0 aliphatic rings. The van der Waals surface area contributed by atoms with E-state index in [1.165, 1.54) is 6.92 Å². The summed E-state index contributed by atoms with van der Waals surface area (Å²) in [5.41, 5.74) is 6.65. The third-order valence-corrected chi connectivity index (χ3v) is 2.08. The molecule has 0 radical (unpaired) electrons. The van der Waals surface area contributed by atoms with Gasteiger partial charge in [-0.1, -0.05) is 30.3 Å². The summed E-state index contributed by atoms with van der Waals surface area (Å²) in [5, 5.41) is 9.04. The van der Waals surface area contributed by atoms with Crippen LogP contribution in [0, 0.1) is 0 Å². The number of rotatable bonds is 4. The van der Waals surface area contributed by atoms with Crippen molar-refractivity contribution >= 4 is 5.78 Å². The first kappa shape index (κ1) is 10.9. The van der Waals surface area contributed by atoms with Crippen molar-refractivity contribution in [3.8, 4) is 0 Å². The molecule has 0 fully saturated rings. The Morgan fingerprint density at radius 3 is 2.50 bits per heavy atom. The number of aliphatic hydroxyl groups is 1. The number of nitrogens with two attached hydrogens (primary N) is 1. The predicted octanol–water partition coefficient (Wildman–Crippen LogP) is 0.506. The molecular formula is C11H15NO2. The Hall–Kier alpha value is -1.19. The van der Waals surface area contributed by atoms with Gasteiger partial charge in [0.05, 0.1) is 6.04 Å². The highest BCUT2D eigenvalue weighted by atomic mass is 16.3. The summed E-state index contributed by atoms with van der Waals surface area (Å²) >= 11 is 0. The molecule has 3 heteroatoms. The van der Waals surface area contributed by atoms with Gasteiger partial charge in [-0.25, -0.2) is 0 Å². The van der Waals surface area contributed by atoms with Gasteiger partial charge in [-0.2, -0.15) is 0 Å². The molecule has 1 rings (SSSR count). The van der Waals surface area contributed by atoms with Gasteiger partial charge in [-0.3, -0.25) is 4.79 Å². The molecule has 1 aromatic rings. The van der Waals surface area contributed by atoms with Crippen LogP contribution in [0.3, 0.4) is 0 Å². The van der Waals surface area contributed by atoms with Crippen LogP contribution in [0.2, 0.25) is 0 Å². The Morgan fingerprint density at radius 1 is 1.43 bits per heavy atom. The van der Waals surface area contributed by atoms with E-state index < -0.39 is 12.1 Å². The molecule has 0 saturated carbocycles. The Bertz CT molecular complexity index is 295. The van der Waals surface area contributed by atoms with Crippen LogP contribution in [0.25, 0.3) is 0 Å². The quantitative estimate of drug-likeness (QED) is 0.732. The molecule has 3 N–H and O–H groups in total. The van der Waals surface area contributed by atoms with E-state index in [2.05, 4.69) is 0 Å². The smallest absolute Gasteiger partial charge is 0.177 e. The van der Waals surface area contributed by atoms with Crippen molar-refractivity contribution in [1.29, 1.82) is 0 Å². The number of Topliss-reactive ketones (excluding diaryl/α,β-unsaturated/α-hetero) is 1. The minimum Gasteiger partial charge on any atom is -0.386 e. The minimum atomic E-state index is -0.978. The zero-order valence-electron chi connectivity index (χ0n) is 8.18. The molecule has 0 saturated heterocycles. The van der Waals surface area contributed by atoms with Crippen molar-refractivity contribution < 1.29 is 9.90 Å². The average molecular weight is 193 g/mol. The Kier molecular flexibility index (Phi) is 3.80. The number of benzene rings is 1. The molecule has 1 unspecified atom stereocenters. The number of hydrogen-bond acceptors (Lipinski definition) is 3. The molecule has 0 amide bonds. The third kappa shape index (κ3) is 2.94. The second kappa shape index (κ2) is 4.88. The van der Waals surface area contributed by atoms with E-state index in [0.29, 0.717) is 6.42 Å². The maximum atomic E-state index is 11.3. The lowest BCUT2D eigenvalue weighted by molar-refractivity contribution is -0.127. The van der Waals surface area contributed by atoms with Crippen molar-refractivity contribution in [2.45, 2.75) is 25.5 Å². The van der Waals surface area contributed by atoms with E-state index in [4.69, 9.17) is 10.8 Å². The summed E-state index contributed by atoms with van der Waals surface area (Å²) in [5.74, 6) is -0.311. The average Bonchev–Trinajstić information content (AvgIpc) is 2.18. The molecule has 0 aromatic heterocycles. The first-order valence-corrected chi connectivity index (χ1v) is 4.62.